The third kappa shape index (κ3) is 4.22. The summed E-state index contributed by atoms with van der Waals surface area (Å²) in [6, 6.07) is 0. The highest BCUT2D eigenvalue weighted by molar-refractivity contribution is 6.28. The molecule has 1 aromatic heterocycles. The maximum atomic E-state index is 12.3. The van der Waals surface area contributed by atoms with Crippen LogP contribution in [0.15, 0.2) is 0 Å². The predicted octanol–water partition coefficient (Wildman–Crippen LogP) is 1.96. The van der Waals surface area contributed by atoms with E-state index in [-0.39, 0.29) is 23.7 Å². The Morgan fingerprint density at radius 3 is 2.41 bits per heavy atom. The minimum Gasteiger partial charge on any atom is -0.357 e. The Balaban J connectivity index is 2.99. The lowest BCUT2D eigenvalue weighted by molar-refractivity contribution is -0.119. The van der Waals surface area contributed by atoms with Gasteiger partial charge in [0.2, 0.25) is 17.2 Å². The van der Waals surface area contributed by atoms with Crippen LogP contribution in [0, 0.1) is 0 Å². The number of alkyl halides is 3. The normalized spacial score (nSPS) is 11.4. The molecule has 17 heavy (non-hydrogen) atoms. The van der Waals surface area contributed by atoms with Gasteiger partial charge >= 0.3 is 6.18 Å². The van der Waals surface area contributed by atoms with Crippen LogP contribution in [-0.2, 0) is 0 Å². The Hall–Kier alpha value is -1.31. The molecule has 0 saturated heterocycles. The first kappa shape index (κ1) is 13.8. The molecule has 0 fully saturated rings. The molecule has 1 N–H and O–H groups in total. The summed E-state index contributed by atoms with van der Waals surface area (Å²) in [7, 11) is 1.54. The van der Waals surface area contributed by atoms with Crippen LogP contribution in [0.2, 0.25) is 5.28 Å². The average molecular weight is 270 g/mol. The molecule has 96 valence electrons. The molecule has 1 rings (SSSR count). The molecule has 1 aromatic rings. The summed E-state index contributed by atoms with van der Waals surface area (Å²) in [5.41, 5.74) is 0. The highest BCUT2D eigenvalue weighted by atomic mass is 35.5. The Morgan fingerprint density at radius 1 is 1.29 bits per heavy atom. The number of hydrogen-bond acceptors (Lipinski definition) is 5. The van der Waals surface area contributed by atoms with Gasteiger partial charge in [0.15, 0.2) is 0 Å². The summed E-state index contributed by atoms with van der Waals surface area (Å²) in [5.74, 6) is 0.0230. The Morgan fingerprint density at radius 2 is 1.94 bits per heavy atom. The van der Waals surface area contributed by atoms with E-state index in [2.05, 4.69) is 20.3 Å². The Labute approximate surface area is 101 Å². The van der Waals surface area contributed by atoms with Gasteiger partial charge in [0, 0.05) is 13.6 Å². The lowest BCUT2D eigenvalue weighted by Crippen LogP contribution is -2.35. The molecule has 0 unspecified atom stereocenters. The molecule has 9 heteroatoms. The summed E-state index contributed by atoms with van der Waals surface area (Å²) in [6.45, 7) is 0.554. The van der Waals surface area contributed by atoms with Crippen molar-refractivity contribution in [2.45, 2.75) is 13.1 Å². The third-order valence-electron chi connectivity index (χ3n) is 1.85. The fraction of sp³-hybridized carbons (Fsp3) is 0.625. The van der Waals surface area contributed by atoms with Crippen molar-refractivity contribution in [2.75, 3.05) is 30.4 Å². The molecule has 1 heterocycles. The van der Waals surface area contributed by atoms with Gasteiger partial charge < -0.3 is 10.2 Å². The number of hydrogen-bond donors (Lipinski definition) is 1. The summed E-state index contributed by atoms with van der Waals surface area (Å²) >= 11 is 5.59. The molecule has 0 aliphatic rings. The Kier molecular flexibility index (Phi) is 4.33. The van der Waals surface area contributed by atoms with Crippen LogP contribution in [0.25, 0.3) is 0 Å². The van der Waals surface area contributed by atoms with E-state index in [1.165, 1.54) is 7.05 Å². The molecule has 0 bridgehead atoms. The maximum Gasteiger partial charge on any atom is 0.406 e. The van der Waals surface area contributed by atoms with Crippen LogP contribution in [0.1, 0.15) is 6.92 Å². The fourth-order valence-corrected chi connectivity index (χ4v) is 1.29. The number of nitrogens with one attached hydrogen (secondary N) is 1. The van der Waals surface area contributed by atoms with Gasteiger partial charge in [-0.1, -0.05) is 0 Å². The van der Waals surface area contributed by atoms with Crippen molar-refractivity contribution in [3.8, 4) is 0 Å². The van der Waals surface area contributed by atoms with Crippen molar-refractivity contribution >= 4 is 23.5 Å². The summed E-state index contributed by atoms with van der Waals surface area (Å²) in [4.78, 5) is 12.1. The number of nitrogens with zero attached hydrogens (tertiary/aromatic N) is 4. The molecule has 0 aliphatic carbocycles. The molecule has 0 atom stereocenters. The van der Waals surface area contributed by atoms with Crippen LogP contribution >= 0.6 is 11.6 Å². The van der Waals surface area contributed by atoms with Crippen LogP contribution in [0.4, 0.5) is 25.1 Å². The summed E-state index contributed by atoms with van der Waals surface area (Å²) < 4.78 is 36.9. The number of aromatic nitrogens is 3. The highest BCUT2D eigenvalue weighted by Gasteiger charge is 2.31. The summed E-state index contributed by atoms with van der Waals surface area (Å²) in [6.07, 6.45) is -4.32. The van der Waals surface area contributed by atoms with Crippen molar-refractivity contribution in [3.05, 3.63) is 5.28 Å². The minimum atomic E-state index is -4.32. The molecular formula is C8H11ClF3N5. The molecule has 0 aromatic carbocycles. The Bertz CT molecular complexity index is 384. The van der Waals surface area contributed by atoms with Gasteiger partial charge in [-0.15, -0.1) is 0 Å². The van der Waals surface area contributed by atoms with Crippen LogP contribution in [0.3, 0.4) is 0 Å². The standard InChI is InChI=1S/C8H11ClF3N5/c1-3-17(4-8(10,11)12)7-15-5(9)14-6(13-2)16-7/h3-4H2,1-2H3,(H,13,14,15,16). The van der Waals surface area contributed by atoms with Gasteiger partial charge in [0.25, 0.3) is 0 Å². The summed E-state index contributed by atoms with van der Waals surface area (Å²) in [5, 5.41) is 2.44. The highest BCUT2D eigenvalue weighted by Crippen LogP contribution is 2.20. The second-order valence-corrected chi connectivity index (χ2v) is 3.45. The zero-order valence-electron chi connectivity index (χ0n) is 9.21. The van der Waals surface area contributed by atoms with Gasteiger partial charge in [-0.3, -0.25) is 0 Å². The van der Waals surface area contributed by atoms with E-state index in [0.717, 1.165) is 4.90 Å². The molecule has 0 amide bonds. The average Bonchev–Trinajstić information content (AvgIpc) is 2.23. The quantitative estimate of drug-likeness (QED) is 0.905. The van der Waals surface area contributed by atoms with E-state index in [9.17, 15) is 13.2 Å². The third-order valence-corrected chi connectivity index (χ3v) is 2.02. The van der Waals surface area contributed by atoms with Crippen molar-refractivity contribution in [1.82, 2.24) is 15.0 Å². The first-order chi connectivity index (χ1) is 7.85. The zero-order valence-corrected chi connectivity index (χ0v) is 9.97. The largest absolute Gasteiger partial charge is 0.406 e. The fourth-order valence-electron chi connectivity index (χ4n) is 1.13. The van der Waals surface area contributed by atoms with E-state index in [4.69, 9.17) is 11.6 Å². The van der Waals surface area contributed by atoms with E-state index < -0.39 is 12.7 Å². The lowest BCUT2D eigenvalue weighted by atomic mass is 10.5. The number of anilines is 2. The van der Waals surface area contributed by atoms with Crippen molar-refractivity contribution in [2.24, 2.45) is 0 Å². The van der Waals surface area contributed by atoms with Gasteiger partial charge in [-0.2, -0.15) is 28.1 Å². The second kappa shape index (κ2) is 5.35. The van der Waals surface area contributed by atoms with Gasteiger partial charge in [-0.25, -0.2) is 0 Å². The predicted molar refractivity (Wildman–Crippen MR) is 58.3 cm³/mol. The lowest BCUT2D eigenvalue weighted by Gasteiger charge is -2.22. The molecule has 0 saturated carbocycles. The van der Waals surface area contributed by atoms with E-state index in [1.54, 1.807) is 6.92 Å². The maximum absolute atomic E-state index is 12.3. The van der Waals surface area contributed by atoms with Crippen molar-refractivity contribution < 1.29 is 13.2 Å². The van der Waals surface area contributed by atoms with E-state index >= 15 is 0 Å². The van der Waals surface area contributed by atoms with Crippen LogP contribution in [0.5, 0.6) is 0 Å². The minimum absolute atomic E-state index is 0.103. The number of halogens is 4. The van der Waals surface area contributed by atoms with Gasteiger partial charge in [0.05, 0.1) is 0 Å². The van der Waals surface area contributed by atoms with Crippen LogP contribution < -0.4 is 10.2 Å². The van der Waals surface area contributed by atoms with Gasteiger partial charge in [0.1, 0.15) is 6.54 Å². The van der Waals surface area contributed by atoms with Crippen molar-refractivity contribution in [1.29, 1.82) is 0 Å². The number of rotatable bonds is 4. The topological polar surface area (TPSA) is 53.9 Å². The first-order valence-corrected chi connectivity index (χ1v) is 5.14. The zero-order chi connectivity index (χ0) is 13.1. The first-order valence-electron chi connectivity index (χ1n) is 4.76. The molecule has 5 nitrogen and oxygen atoms in total. The van der Waals surface area contributed by atoms with E-state index in [1.807, 2.05) is 0 Å². The van der Waals surface area contributed by atoms with Gasteiger partial charge in [-0.05, 0) is 18.5 Å². The molecular weight excluding hydrogens is 259 g/mol. The van der Waals surface area contributed by atoms with Crippen LogP contribution in [-0.4, -0.2) is 41.3 Å². The molecule has 0 radical (unpaired) electrons. The smallest absolute Gasteiger partial charge is 0.357 e. The van der Waals surface area contributed by atoms with E-state index in [0.29, 0.717) is 0 Å². The molecule has 0 aliphatic heterocycles. The second-order valence-electron chi connectivity index (χ2n) is 3.11. The van der Waals surface area contributed by atoms with Crippen molar-refractivity contribution in [3.63, 3.8) is 0 Å². The SMILES string of the molecule is CCN(CC(F)(F)F)c1nc(Cl)nc(NC)n1. The molecule has 0 spiro atoms. The monoisotopic (exact) mass is 269 g/mol.